The summed E-state index contributed by atoms with van der Waals surface area (Å²) in [4.78, 5) is 0. The van der Waals surface area contributed by atoms with E-state index in [1.165, 1.54) is 0 Å². The molecular weight excluding hydrogens is 169 g/mol. The maximum atomic E-state index is 11.9. The molecule has 1 heterocycles. The van der Waals surface area contributed by atoms with Crippen molar-refractivity contribution in [1.82, 2.24) is 5.32 Å². The highest BCUT2D eigenvalue weighted by atomic mass is 19.4. The normalized spacial score (nSPS) is 32.0. The van der Waals surface area contributed by atoms with E-state index in [0.717, 1.165) is 6.42 Å². The molecule has 0 aromatic carbocycles. The molecule has 12 heavy (non-hydrogen) atoms. The van der Waals surface area contributed by atoms with Crippen LogP contribution in [0.15, 0.2) is 0 Å². The van der Waals surface area contributed by atoms with Gasteiger partial charge in [0.25, 0.3) is 0 Å². The summed E-state index contributed by atoms with van der Waals surface area (Å²) in [6, 6.07) is -0.931. The largest absolute Gasteiger partial charge is 0.390 e. The van der Waals surface area contributed by atoms with Crippen molar-refractivity contribution in [3.05, 3.63) is 0 Å². The fraction of sp³-hybridized carbons (Fsp3) is 1.00. The molecule has 0 saturated carbocycles. The lowest BCUT2D eigenvalue weighted by Gasteiger charge is -2.30. The van der Waals surface area contributed by atoms with Crippen LogP contribution in [-0.2, 0) is 0 Å². The summed E-state index contributed by atoms with van der Waals surface area (Å²) in [5.74, 6) is 0. The van der Waals surface area contributed by atoms with Crippen LogP contribution in [-0.4, -0.2) is 24.8 Å². The number of hydrogen-bond acceptors (Lipinski definition) is 2. The van der Waals surface area contributed by atoms with Crippen molar-refractivity contribution in [2.45, 2.75) is 37.5 Å². The first-order valence-corrected chi connectivity index (χ1v) is 4.05. The second-order valence-electron chi connectivity index (χ2n) is 3.19. The van der Waals surface area contributed by atoms with E-state index in [9.17, 15) is 13.2 Å². The molecule has 0 aromatic rings. The van der Waals surface area contributed by atoms with Crippen molar-refractivity contribution in [2.75, 3.05) is 6.54 Å². The topological polar surface area (TPSA) is 38.0 Å². The fourth-order valence-corrected chi connectivity index (χ4v) is 1.45. The molecule has 0 radical (unpaired) electrons. The van der Waals surface area contributed by atoms with Gasteiger partial charge in [-0.1, -0.05) is 0 Å². The number of nitrogens with one attached hydrogen (secondary N) is 1. The molecule has 1 rings (SSSR count). The second kappa shape index (κ2) is 3.62. The Morgan fingerprint density at radius 2 is 2.08 bits per heavy atom. The average Bonchev–Trinajstić information content (AvgIpc) is 1.91. The van der Waals surface area contributed by atoms with Gasteiger partial charge in [0.1, 0.15) is 0 Å². The third kappa shape index (κ3) is 2.98. The first kappa shape index (κ1) is 9.80. The Bertz CT molecular complexity index is 146. The van der Waals surface area contributed by atoms with Crippen molar-refractivity contribution in [1.29, 1.82) is 0 Å². The van der Waals surface area contributed by atoms with Crippen molar-refractivity contribution < 1.29 is 13.2 Å². The number of halogens is 3. The van der Waals surface area contributed by atoms with Crippen LogP contribution in [0.2, 0.25) is 0 Å². The smallest absolute Gasteiger partial charge is 0.326 e. The van der Waals surface area contributed by atoms with Gasteiger partial charge in [0.2, 0.25) is 0 Å². The highest BCUT2D eigenvalue weighted by Crippen LogP contribution is 2.24. The van der Waals surface area contributed by atoms with Gasteiger partial charge in [-0.25, -0.2) is 0 Å². The minimum Gasteiger partial charge on any atom is -0.326 e. The van der Waals surface area contributed by atoms with Gasteiger partial charge in [-0.2, -0.15) is 13.2 Å². The van der Waals surface area contributed by atoms with E-state index >= 15 is 0 Å². The van der Waals surface area contributed by atoms with Crippen LogP contribution in [0.3, 0.4) is 0 Å². The van der Waals surface area contributed by atoms with Gasteiger partial charge in [0.15, 0.2) is 0 Å². The summed E-state index contributed by atoms with van der Waals surface area (Å²) in [5, 5.41) is 2.78. The molecule has 2 nitrogen and oxygen atoms in total. The summed E-state index contributed by atoms with van der Waals surface area (Å²) in [6.45, 7) is 0.647. The standard InChI is InChI=1S/C7H13F3N2/c8-7(9,10)4-6-5(11)2-1-3-12-6/h5-6,12H,1-4,11H2. The second-order valence-corrected chi connectivity index (χ2v) is 3.19. The lowest BCUT2D eigenvalue weighted by molar-refractivity contribution is -0.142. The Labute approximate surface area is 69.3 Å². The van der Waals surface area contributed by atoms with Crippen molar-refractivity contribution >= 4 is 0 Å². The van der Waals surface area contributed by atoms with Crippen molar-refractivity contribution in [3.63, 3.8) is 0 Å². The maximum absolute atomic E-state index is 11.9. The first-order valence-electron chi connectivity index (χ1n) is 4.05. The minimum absolute atomic E-state index is 0.347. The summed E-state index contributed by atoms with van der Waals surface area (Å²) in [7, 11) is 0. The van der Waals surface area contributed by atoms with Crippen LogP contribution in [0.25, 0.3) is 0 Å². The third-order valence-corrected chi connectivity index (χ3v) is 2.09. The molecule has 2 unspecified atom stereocenters. The van der Waals surface area contributed by atoms with E-state index in [2.05, 4.69) is 5.32 Å². The van der Waals surface area contributed by atoms with E-state index < -0.39 is 18.6 Å². The lowest BCUT2D eigenvalue weighted by Crippen LogP contribution is -2.51. The molecule has 0 bridgehead atoms. The molecule has 1 fully saturated rings. The van der Waals surface area contributed by atoms with Gasteiger partial charge < -0.3 is 11.1 Å². The molecule has 0 spiro atoms. The summed E-state index contributed by atoms with van der Waals surface area (Å²) >= 11 is 0. The molecule has 0 aromatic heterocycles. The van der Waals surface area contributed by atoms with Crippen molar-refractivity contribution in [2.24, 2.45) is 5.73 Å². The number of alkyl halides is 3. The summed E-state index contributed by atoms with van der Waals surface area (Å²) in [5.41, 5.74) is 5.52. The van der Waals surface area contributed by atoms with Gasteiger partial charge in [-0.3, -0.25) is 0 Å². The molecule has 1 aliphatic heterocycles. The number of rotatable bonds is 1. The van der Waals surface area contributed by atoms with E-state index in [1.807, 2.05) is 0 Å². The molecule has 5 heteroatoms. The molecule has 72 valence electrons. The van der Waals surface area contributed by atoms with Gasteiger partial charge >= 0.3 is 6.18 Å². The zero-order valence-corrected chi connectivity index (χ0v) is 6.69. The van der Waals surface area contributed by atoms with Crippen LogP contribution < -0.4 is 11.1 Å². The van der Waals surface area contributed by atoms with E-state index in [4.69, 9.17) is 5.73 Å². The average molecular weight is 182 g/mol. The molecule has 1 aliphatic rings. The molecular formula is C7H13F3N2. The molecule has 3 N–H and O–H groups in total. The Kier molecular flexibility index (Phi) is 2.95. The number of nitrogens with two attached hydrogens (primary N) is 1. The Morgan fingerprint density at radius 3 is 2.58 bits per heavy atom. The molecule has 2 atom stereocenters. The van der Waals surface area contributed by atoms with Crippen LogP contribution in [0.5, 0.6) is 0 Å². The van der Waals surface area contributed by atoms with Gasteiger partial charge in [0, 0.05) is 12.1 Å². The Morgan fingerprint density at radius 1 is 1.42 bits per heavy atom. The van der Waals surface area contributed by atoms with Crippen LogP contribution in [0.4, 0.5) is 13.2 Å². The quantitative estimate of drug-likeness (QED) is 0.635. The monoisotopic (exact) mass is 182 g/mol. The van der Waals surface area contributed by atoms with Crippen LogP contribution in [0, 0.1) is 0 Å². The summed E-state index contributed by atoms with van der Waals surface area (Å²) < 4.78 is 35.8. The summed E-state index contributed by atoms with van der Waals surface area (Å²) in [6.07, 6.45) is -3.36. The Hall–Kier alpha value is -0.290. The number of piperidine rings is 1. The molecule has 1 saturated heterocycles. The minimum atomic E-state index is -4.10. The van der Waals surface area contributed by atoms with E-state index in [-0.39, 0.29) is 6.04 Å². The van der Waals surface area contributed by atoms with Crippen LogP contribution in [0.1, 0.15) is 19.3 Å². The predicted octanol–water partition coefficient (Wildman–Crippen LogP) is 1.02. The zero-order valence-electron chi connectivity index (χ0n) is 6.69. The maximum Gasteiger partial charge on any atom is 0.390 e. The lowest BCUT2D eigenvalue weighted by atomic mass is 9.97. The van der Waals surface area contributed by atoms with Gasteiger partial charge in [0.05, 0.1) is 6.42 Å². The van der Waals surface area contributed by atoms with E-state index in [0.29, 0.717) is 13.0 Å². The molecule has 0 amide bonds. The number of hydrogen-bond donors (Lipinski definition) is 2. The predicted molar refractivity (Wildman–Crippen MR) is 39.7 cm³/mol. The highest BCUT2D eigenvalue weighted by molar-refractivity contribution is 4.85. The highest BCUT2D eigenvalue weighted by Gasteiger charge is 2.35. The zero-order chi connectivity index (χ0) is 9.19. The van der Waals surface area contributed by atoms with Crippen molar-refractivity contribution in [3.8, 4) is 0 Å². The SMILES string of the molecule is NC1CCCNC1CC(F)(F)F. The van der Waals surface area contributed by atoms with Crippen LogP contribution >= 0.6 is 0 Å². The fourth-order valence-electron chi connectivity index (χ4n) is 1.45. The van der Waals surface area contributed by atoms with Gasteiger partial charge in [-0.05, 0) is 19.4 Å². The Balaban J connectivity index is 2.39. The van der Waals surface area contributed by atoms with Gasteiger partial charge in [-0.15, -0.1) is 0 Å². The van der Waals surface area contributed by atoms with E-state index in [1.54, 1.807) is 0 Å². The molecule has 0 aliphatic carbocycles. The first-order chi connectivity index (χ1) is 5.49. The third-order valence-electron chi connectivity index (χ3n) is 2.09.